The Morgan fingerprint density at radius 3 is 2.92 bits per heavy atom. The molecule has 0 aliphatic carbocycles. The Bertz CT molecular complexity index is 234. The first kappa shape index (κ1) is 10.2. The van der Waals surface area contributed by atoms with Gasteiger partial charge >= 0.3 is 0 Å². The normalized spacial score (nSPS) is 13.2. The molecule has 0 amide bonds. The number of nitrogens with two attached hydrogens (primary N) is 1. The van der Waals surface area contributed by atoms with Crippen molar-refractivity contribution in [2.75, 3.05) is 0 Å². The summed E-state index contributed by atoms with van der Waals surface area (Å²) in [7, 11) is 0. The molecule has 2 N–H and O–H groups in total. The molecule has 68 valence electrons. The molecule has 3 heteroatoms. The quantitative estimate of drug-likeness (QED) is 0.870. The number of halogens is 1. The fourth-order valence-corrected chi connectivity index (χ4v) is 2.59. The molecule has 1 rings (SSSR count). The van der Waals surface area contributed by atoms with Gasteiger partial charge in [0.1, 0.15) is 0 Å². The van der Waals surface area contributed by atoms with Crippen molar-refractivity contribution in [2.24, 2.45) is 5.73 Å². The van der Waals surface area contributed by atoms with Crippen LogP contribution in [0.5, 0.6) is 0 Å². The Hall–Kier alpha value is 0.140. The molecule has 0 aliphatic heterocycles. The Morgan fingerprint density at radius 1 is 1.67 bits per heavy atom. The van der Waals surface area contributed by atoms with E-state index < -0.39 is 0 Å². The van der Waals surface area contributed by atoms with E-state index in [0.29, 0.717) is 6.04 Å². The van der Waals surface area contributed by atoms with Crippen molar-refractivity contribution in [1.82, 2.24) is 0 Å². The summed E-state index contributed by atoms with van der Waals surface area (Å²) < 4.78 is 1.23. The van der Waals surface area contributed by atoms with Crippen molar-refractivity contribution in [3.05, 3.63) is 20.8 Å². The number of aryl methyl sites for hydroxylation is 1. The van der Waals surface area contributed by atoms with Gasteiger partial charge in [-0.15, -0.1) is 11.3 Å². The Morgan fingerprint density at radius 2 is 2.42 bits per heavy atom. The molecule has 1 nitrogen and oxygen atoms in total. The minimum absolute atomic E-state index is 0.360. The summed E-state index contributed by atoms with van der Waals surface area (Å²) >= 11 is 5.31. The van der Waals surface area contributed by atoms with Crippen LogP contribution < -0.4 is 5.73 Å². The predicted molar refractivity (Wildman–Crippen MR) is 58.6 cm³/mol. The van der Waals surface area contributed by atoms with Crippen LogP contribution in [0.3, 0.4) is 0 Å². The summed E-state index contributed by atoms with van der Waals surface area (Å²) in [5.74, 6) is 0. The molecule has 12 heavy (non-hydrogen) atoms. The summed E-state index contributed by atoms with van der Waals surface area (Å²) in [4.78, 5) is 1.42. The molecule has 0 fully saturated rings. The Kier molecular flexibility index (Phi) is 4.26. The molecule has 1 aromatic heterocycles. The molecule has 0 spiro atoms. The van der Waals surface area contributed by atoms with Gasteiger partial charge in [-0.1, -0.05) is 6.92 Å². The lowest BCUT2D eigenvalue weighted by Gasteiger charge is -2.06. The van der Waals surface area contributed by atoms with Crippen LogP contribution in [-0.2, 0) is 6.42 Å². The van der Waals surface area contributed by atoms with Crippen LogP contribution in [0.25, 0.3) is 0 Å². The van der Waals surface area contributed by atoms with E-state index in [-0.39, 0.29) is 0 Å². The molecule has 1 aromatic rings. The predicted octanol–water partition coefficient (Wildman–Crippen LogP) is 3.18. The third-order valence-electron chi connectivity index (χ3n) is 1.96. The summed E-state index contributed by atoms with van der Waals surface area (Å²) in [5, 5.41) is 2.11. The second-order valence-corrected chi connectivity index (χ2v) is 4.75. The van der Waals surface area contributed by atoms with Crippen LogP contribution in [0.4, 0.5) is 0 Å². The first-order valence-corrected chi connectivity index (χ1v) is 5.88. The van der Waals surface area contributed by atoms with E-state index in [1.54, 1.807) is 11.3 Å². The Balaban J connectivity index is 2.38. The van der Waals surface area contributed by atoms with E-state index in [1.807, 2.05) is 0 Å². The second-order valence-electron chi connectivity index (χ2n) is 2.90. The summed E-state index contributed by atoms with van der Waals surface area (Å²) in [6.07, 6.45) is 3.27. The monoisotopic (exact) mass is 247 g/mol. The van der Waals surface area contributed by atoms with E-state index in [2.05, 4.69) is 34.3 Å². The average Bonchev–Trinajstić information content (AvgIpc) is 2.47. The fourth-order valence-electron chi connectivity index (χ4n) is 1.02. The minimum atomic E-state index is 0.360. The zero-order chi connectivity index (χ0) is 8.97. The van der Waals surface area contributed by atoms with Crippen LogP contribution >= 0.6 is 27.3 Å². The van der Waals surface area contributed by atoms with Gasteiger partial charge in [-0.25, -0.2) is 0 Å². The largest absolute Gasteiger partial charge is 0.328 e. The third kappa shape index (κ3) is 2.88. The van der Waals surface area contributed by atoms with Crippen LogP contribution in [0.2, 0.25) is 0 Å². The topological polar surface area (TPSA) is 26.0 Å². The summed E-state index contributed by atoms with van der Waals surface area (Å²) in [6.45, 7) is 2.13. The molecule has 0 aromatic carbocycles. The highest BCUT2D eigenvalue weighted by Crippen LogP contribution is 2.24. The molecule has 0 radical (unpaired) electrons. The Labute approximate surface area is 86.1 Å². The fraction of sp³-hybridized carbons (Fsp3) is 0.556. The highest BCUT2D eigenvalue weighted by molar-refractivity contribution is 9.10. The van der Waals surface area contributed by atoms with Crippen molar-refractivity contribution in [3.63, 3.8) is 0 Å². The lowest BCUT2D eigenvalue weighted by molar-refractivity contribution is 0.598. The van der Waals surface area contributed by atoms with E-state index in [9.17, 15) is 0 Å². The van der Waals surface area contributed by atoms with Gasteiger partial charge in [0.25, 0.3) is 0 Å². The van der Waals surface area contributed by atoms with Crippen LogP contribution in [0.1, 0.15) is 24.6 Å². The molecular formula is C9H14BrNS. The minimum Gasteiger partial charge on any atom is -0.328 e. The van der Waals surface area contributed by atoms with E-state index in [1.165, 1.54) is 9.35 Å². The van der Waals surface area contributed by atoms with Gasteiger partial charge in [0, 0.05) is 15.4 Å². The lowest BCUT2D eigenvalue weighted by Crippen LogP contribution is -2.18. The van der Waals surface area contributed by atoms with Crippen molar-refractivity contribution in [1.29, 1.82) is 0 Å². The van der Waals surface area contributed by atoms with Gasteiger partial charge in [-0.05, 0) is 46.6 Å². The maximum Gasteiger partial charge on any atom is 0.0314 e. The van der Waals surface area contributed by atoms with E-state index in [0.717, 1.165) is 19.3 Å². The van der Waals surface area contributed by atoms with Gasteiger partial charge in [-0.3, -0.25) is 0 Å². The molecule has 0 saturated heterocycles. The van der Waals surface area contributed by atoms with Gasteiger partial charge in [0.15, 0.2) is 0 Å². The molecule has 0 bridgehead atoms. The number of rotatable bonds is 4. The highest BCUT2D eigenvalue weighted by Gasteiger charge is 2.03. The zero-order valence-corrected chi connectivity index (χ0v) is 9.62. The second kappa shape index (κ2) is 5.00. The highest BCUT2D eigenvalue weighted by atomic mass is 79.9. The van der Waals surface area contributed by atoms with Gasteiger partial charge in [0.2, 0.25) is 0 Å². The SMILES string of the molecule is CCC(N)CCc1sccc1Br. The van der Waals surface area contributed by atoms with Crippen LogP contribution in [0, 0.1) is 0 Å². The molecule has 1 atom stereocenters. The van der Waals surface area contributed by atoms with Crippen molar-refractivity contribution >= 4 is 27.3 Å². The smallest absolute Gasteiger partial charge is 0.0314 e. The van der Waals surface area contributed by atoms with Crippen LogP contribution in [-0.4, -0.2) is 6.04 Å². The summed E-state index contributed by atoms with van der Waals surface area (Å²) in [6, 6.07) is 2.45. The number of thiophene rings is 1. The van der Waals surface area contributed by atoms with Crippen molar-refractivity contribution in [3.8, 4) is 0 Å². The van der Waals surface area contributed by atoms with Gasteiger partial charge in [0.05, 0.1) is 0 Å². The lowest BCUT2D eigenvalue weighted by atomic mass is 10.1. The maximum absolute atomic E-state index is 5.83. The zero-order valence-electron chi connectivity index (χ0n) is 7.22. The first-order chi connectivity index (χ1) is 5.74. The first-order valence-electron chi connectivity index (χ1n) is 4.21. The van der Waals surface area contributed by atoms with Crippen molar-refractivity contribution in [2.45, 2.75) is 32.2 Å². The average molecular weight is 248 g/mol. The molecule has 0 saturated carbocycles. The van der Waals surface area contributed by atoms with Gasteiger partial charge < -0.3 is 5.73 Å². The summed E-state index contributed by atoms with van der Waals surface area (Å²) in [5.41, 5.74) is 5.83. The van der Waals surface area contributed by atoms with E-state index in [4.69, 9.17) is 5.73 Å². The molecule has 1 unspecified atom stereocenters. The molecule has 0 aliphatic rings. The van der Waals surface area contributed by atoms with Crippen LogP contribution in [0.15, 0.2) is 15.9 Å². The standard InChI is InChI=1S/C9H14BrNS/c1-2-7(11)3-4-9-8(10)5-6-12-9/h5-7H,2-4,11H2,1H3. The van der Waals surface area contributed by atoms with Crippen molar-refractivity contribution < 1.29 is 0 Å². The molecule has 1 heterocycles. The maximum atomic E-state index is 5.83. The van der Waals surface area contributed by atoms with Gasteiger partial charge in [-0.2, -0.15) is 0 Å². The number of hydrogen-bond donors (Lipinski definition) is 1. The third-order valence-corrected chi connectivity index (χ3v) is 3.94. The van der Waals surface area contributed by atoms with E-state index >= 15 is 0 Å². The number of hydrogen-bond acceptors (Lipinski definition) is 2. The molecular weight excluding hydrogens is 234 g/mol.